The lowest BCUT2D eigenvalue weighted by Crippen LogP contribution is -2.37. The van der Waals surface area contributed by atoms with Gasteiger partial charge in [0.25, 0.3) is 0 Å². The first-order valence-corrected chi connectivity index (χ1v) is 19.5. The molecule has 0 radical (unpaired) electrons. The first kappa shape index (κ1) is 45.7. The van der Waals surface area contributed by atoms with E-state index in [0.29, 0.717) is 23.9 Å². The normalized spacial score (nSPS) is 14.5. The van der Waals surface area contributed by atoms with Crippen molar-refractivity contribution in [3.63, 3.8) is 0 Å². The Morgan fingerprint density at radius 2 is 1.19 bits per heavy atom. The summed E-state index contributed by atoms with van der Waals surface area (Å²) in [6, 6.07) is 0. The number of esters is 2. The molecule has 276 valence electrons. The molecule has 0 amide bonds. The number of allylic oxidation sites excluding steroid dienone is 10. The van der Waals surface area contributed by atoms with Crippen LogP contribution in [-0.2, 0) is 32.7 Å². The van der Waals surface area contributed by atoms with E-state index in [1.165, 1.54) is 19.3 Å². The maximum Gasteiger partial charge on any atom is 0.472 e. The summed E-state index contributed by atoms with van der Waals surface area (Å²) in [6.07, 6.45) is 34.4. The third-order valence-corrected chi connectivity index (χ3v) is 8.05. The smallest absolute Gasteiger partial charge is 0.462 e. The molecule has 10 heteroatoms. The molecule has 1 unspecified atom stereocenters. The first-order valence-electron chi connectivity index (χ1n) is 18.0. The molecule has 0 heterocycles. The Kier molecular flexibility index (Phi) is 29.3. The number of nitrogens with zero attached hydrogens (tertiary/aromatic N) is 1. The largest absolute Gasteiger partial charge is 0.472 e. The van der Waals surface area contributed by atoms with Gasteiger partial charge in [-0.3, -0.25) is 18.6 Å². The van der Waals surface area contributed by atoms with Crippen LogP contribution < -0.4 is 0 Å². The van der Waals surface area contributed by atoms with Crippen molar-refractivity contribution in [3.8, 4) is 0 Å². The lowest BCUT2D eigenvalue weighted by Gasteiger charge is -2.24. The van der Waals surface area contributed by atoms with Crippen LogP contribution in [0.2, 0.25) is 0 Å². The number of rotatable bonds is 31. The number of hydrogen-bond donors (Lipinski definition) is 1. The predicted octanol–water partition coefficient (Wildman–Crippen LogP) is 9.34. The van der Waals surface area contributed by atoms with E-state index in [4.69, 9.17) is 18.5 Å². The number of ether oxygens (including phenoxy) is 2. The highest BCUT2D eigenvalue weighted by atomic mass is 31.2. The molecule has 0 aliphatic carbocycles. The maximum atomic E-state index is 12.6. The zero-order valence-electron chi connectivity index (χ0n) is 30.7. The number of carbonyl (C=O) groups excluding carboxylic acids is 2. The second-order valence-corrected chi connectivity index (χ2v) is 14.3. The highest BCUT2D eigenvalue weighted by Crippen LogP contribution is 2.43. The third-order valence-electron chi connectivity index (χ3n) is 7.06. The molecule has 0 rings (SSSR count). The van der Waals surface area contributed by atoms with Crippen molar-refractivity contribution in [1.82, 2.24) is 0 Å². The zero-order valence-corrected chi connectivity index (χ0v) is 31.6. The zero-order chi connectivity index (χ0) is 35.8. The summed E-state index contributed by atoms with van der Waals surface area (Å²) in [6.45, 7) is 4.15. The highest BCUT2D eigenvalue weighted by molar-refractivity contribution is 7.47. The molecule has 0 saturated carbocycles. The Labute approximate surface area is 292 Å². The minimum Gasteiger partial charge on any atom is -0.462 e. The van der Waals surface area contributed by atoms with Crippen LogP contribution in [0.5, 0.6) is 0 Å². The van der Waals surface area contributed by atoms with Crippen molar-refractivity contribution in [3.05, 3.63) is 60.8 Å². The highest BCUT2D eigenvalue weighted by Gasteiger charge is 2.27. The van der Waals surface area contributed by atoms with Crippen LogP contribution >= 0.6 is 7.82 Å². The number of quaternary nitrogens is 1. The van der Waals surface area contributed by atoms with Crippen molar-refractivity contribution >= 4 is 19.8 Å². The van der Waals surface area contributed by atoms with E-state index < -0.39 is 32.5 Å². The Hall–Kier alpha value is -2.29. The molecule has 0 bridgehead atoms. The van der Waals surface area contributed by atoms with Gasteiger partial charge in [0.15, 0.2) is 6.10 Å². The molecule has 0 aromatic rings. The van der Waals surface area contributed by atoms with Crippen LogP contribution in [0.25, 0.3) is 0 Å². The summed E-state index contributed by atoms with van der Waals surface area (Å²) in [7, 11) is 1.43. The van der Waals surface area contributed by atoms with E-state index in [1.54, 1.807) is 0 Å². The van der Waals surface area contributed by atoms with E-state index >= 15 is 0 Å². The maximum absolute atomic E-state index is 12.6. The first-order chi connectivity index (χ1) is 23.0. The second-order valence-electron chi connectivity index (χ2n) is 12.9. The molecular weight excluding hydrogens is 629 g/mol. The lowest BCUT2D eigenvalue weighted by atomic mass is 10.1. The predicted molar refractivity (Wildman–Crippen MR) is 196 cm³/mol. The molecule has 0 saturated heterocycles. The third kappa shape index (κ3) is 33.6. The summed E-state index contributed by atoms with van der Waals surface area (Å²) < 4.78 is 33.9. The minimum atomic E-state index is -4.38. The van der Waals surface area contributed by atoms with Gasteiger partial charge in [0.1, 0.15) is 19.8 Å². The fourth-order valence-electron chi connectivity index (χ4n) is 4.22. The van der Waals surface area contributed by atoms with Crippen molar-refractivity contribution in [1.29, 1.82) is 0 Å². The minimum absolute atomic E-state index is 0.0188. The van der Waals surface area contributed by atoms with Crippen LogP contribution in [0.3, 0.4) is 0 Å². The number of likely N-dealkylation sites (N-methyl/N-ethyl adjacent to an activating group) is 1. The molecule has 1 N–H and O–H groups in total. The van der Waals surface area contributed by atoms with Crippen LogP contribution in [0.1, 0.15) is 117 Å². The number of carbonyl (C=O) groups is 2. The molecule has 0 aromatic heterocycles. The molecule has 9 nitrogen and oxygen atoms in total. The van der Waals surface area contributed by atoms with Gasteiger partial charge < -0.3 is 18.9 Å². The average molecular weight is 697 g/mol. The monoisotopic (exact) mass is 696 g/mol. The van der Waals surface area contributed by atoms with Crippen LogP contribution in [0.15, 0.2) is 60.8 Å². The number of phosphoric acid groups is 1. The Balaban J connectivity index is 4.55. The van der Waals surface area contributed by atoms with E-state index in [2.05, 4.69) is 68.5 Å². The molecular formula is C38H67NO8P+. The van der Waals surface area contributed by atoms with Crippen LogP contribution in [0.4, 0.5) is 0 Å². The van der Waals surface area contributed by atoms with Gasteiger partial charge >= 0.3 is 19.8 Å². The molecule has 0 aliphatic rings. The Morgan fingerprint density at radius 1 is 0.667 bits per heavy atom. The van der Waals surface area contributed by atoms with Gasteiger partial charge in [-0.05, 0) is 51.4 Å². The van der Waals surface area contributed by atoms with Crippen LogP contribution in [0, 0.1) is 0 Å². The summed E-state index contributed by atoms with van der Waals surface area (Å²) in [5.74, 6) is -0.882. The van der Waals surface area contributed by atoms with Gasteiger partial charge in [-0.25, -0.2) is 4.57 Å². The van der Waals surface area contributed by atoms with Crippen LogP contribution in [-0.4, -0.2) is 74.9 Å². The fourth-order valence-corrected chi connectivity index (χ4v) is 4.96. The van der Waals surface area contributed by atoms with E-state index in [1.807, 2.05) is 27.2 Å². The van der Waals surface area contributed by atoms with Crippen molar-refractivity contribution < 1.29 is 42.1 Å². The molecule has 48 heavy (non-hydrogen) atoms. The Bertz CT molecular complexity index is 1010. The summed E-state index contributed by atoms with van der Waals surface area (Å²) in [5, 5.41) is 0. The molecule has 0 aromatic carbocycles. The van der Waals surface area contributed by atoms with E-state index in [9.17, 15) is 19.0 Å². The van der Waals surface area contributed by atoms with Crippen molar-refractivity contribution in [2.75, 3.05) is 47.5 Å². The molecule has 0 fully saturated rings. The number of hydrogen-bond acceptors (Lipinski definition) is 7. The van der Waals surface area contributed by atoms with E-state index in [0.717, 1.165) is 57.8 Å². The molecule has 0 aliphatic heterocycles. The quantitative estimate of drug-likeness (QED) is 0.0251. The van der Waals surface area contributed by atoms with Gasteiger partial charge in [-0.2, -0.15) is 0 Å². The van der Waals surface area contributed by atoms with Crippen molar-refractivity contribution in [2.24, 2.45) is 0 Å². The van der Waals surface area contributed by atoms with Gasteiger partial charge in [-0.15, -0.1) is 0 Å². The standard InChI is InChI=1S/C38H66NO8P/c1-6-8-10-12-14-15-16-17-18-19-20-21-22-23-25-27-29-31-38(41)47-36(35-46-48(42,43)45-33-32-39(3,4)5)34-44-37(40)30-28-26-24-13-11-9-7-2/h8,10,14-15,17-18,20-21,23,25,36H,6-7,9,11-13,16,19,22,24,26-35H2,1-5H3/p+1/b10-8+,15-14+,18-17+,21-20+,25-23+/t36-/m1/s1. The summed E-state index contributed by atoms with van der Waals surface area (Å²) in [4.78, 5) is 34.9. The van der Waals surface area contributed by atoms with Gasteiger partial charge in [0.05, 0.1) is 27.7 Å². The number of unbranched alkanes of at least 4 members (excludes halogenated alkanes) is 7. The molecule has 2 atom stereocenters. The molecule has 0 spiro atoms. The van der Waals surface area contributed by atoms with Gasteiger partial charge in [0, 0.05) is 12.8 Å². The van der Waals surface area contributed by atoms with Crippen molar-refractivity contribution in [2.45, 2.75) is 123 Å². The van der Waals surface area contributed by atoms with Gasteiger partial charge in [-0.1, -0.05) is 113 Å². The summed E-state index contributed by atoms with van der Waals surface area (Å²) >= 11 is 0. The average Bonchev–Trinajstić information content (AvgIpc) is 3.02. The Morgan fingerprint density at radius 3 is 1.75 bits per heavy atom. The number of phosphoric ester groups is 1. The second kappa shape index (κ2) is 30.7. The lowest BCUT2D eigenvalue weighted by molar-refractivity contribution is -0.870. The van der Waals surface area contributed by atoms with Gasteiger partial charge in [0.2, 0.25) is 0 Å². The SMILES string of the molecule is CC/C=C/C/C=C/C/C=C/C/C=C/C/C=C/CCCC(=O)O[C@H](COC(=O)CCCCCCCCC)COP(=O)(O)OCC[N+](C)(C)C. The topological polar surface area (TPSA) is 108 Å². The fraction of sp³-hybridized carbons (Fsp3) is 0.684. The van der Waals surface area contributed by atoms with E-state index in [-0.39, 0.29) is 26.1 Å². The summed E-state index contributed by atoms with van der Waals surface area (Å²) in [5.41, 5.74) is 0.